The van der Waals surface area contributed by atoms with Gasteiger partial charge in [0.15, 0.2) is 5.82 Å². The van der Waals surface area contributed by atoms with Gasteiger partial charge < -0.3 is 14.2 Å². The highest BCUT2D eigenvalue weighted by molar-refractivity contribution is 5.90. The van der Waals surface area contributed by atoms with Crippen molar-refractivity contribution in [1.82, 2.24) is 10.1 Å². The van der Waals surface area contributed by atoms with Crippen LogP contribution in [0.1, 0.15) is 35.6 Å². The van der Waals surface area contributed by atoms with Gasteiger partial charge in [0.1, 0.15) is 6.61 Å². The Bertz CT molecular complexity index is 899. The predicted octanol–water partition coefficient (Wildman–Crippen LogP) is 4.25. The molecule has 0 N–H and O–H groups in total. The van der Waals surface area contributed by atoms with Crippen LogP contribution in [-0.4, -0.2) is 29.2 Å². The molecule has 6 heteroatoms. The summed E-state index contributed by atoms with van der Waals surface area (Å²) in [5.41, 5.74) is 3.33. The fourth-order valence-corrected chi connectivity index (χ4v) is 2.90. The molecule has 140 valence electrons. The highest BCUT2D eigenvalue weighted by Gasteiger charge is 2.13. The maximum atomic E-state index is 12.4. The summed E-state index contributed by atoms with van der Waals surface area (Å²) in [6, 6.07) is 14.9. The topological polar surface area (TPSA) is 68.5 Å². The van der Waals surface area contributed by atoms with Crippen molar-refractivity contribution in [2.45, 2.75) is 27.4 Å². The highest BCUT2D eigenvalue weighted by atomic mass is 16.5. The van der Waals surface area contributed by atoms with Crippen LogP contribution in [0.25, 0.3) is 11.5 Å². The van der Waals surface area contributed by atoms with Gasteiger partial charge in [-0.1, -0.05) is 23.4 Å². The van der Waals surface area contributed by atoms with Crippen LogP contribution >= 0.6 is 0 Å². The van der Waals surface area contributed by atoms with Crippen molar-refractivity contribution in [3.8, 4) is 11.5 Å². The number of esters is 1. The lowest BCUT2D eigenvalue weighted by atomic mass is 10.1. The van der Waals surface area contributed by atoms with E-state index in [0.29, 0.717) is 17.3 Å². The Morgan fingerprint density at radius 1 is 1.07 bits per heavy atom. The summed E-state index contributed by atoms with van der Waals surface area (Å²) in [4.78, 5) is 18.8. The van der Waals surface area contributed by atoms with E-state index in [0.717, 1.165) is 29.9 Å². The molecule has 1 aromatic heterocycles. The standard InChI is InChI=1S/C21H23N3O3/c1-4-24(5-2)19-9-7-6-8-18(19)14-26-21(25)17-12-10-16(11-13-17)20-22-15(3)23-27-20/h6-13H,4-5,14H2,1-3H3. The highest BCUT2D eigenvalue weighted by Crippen LogP contribution is 2.22. The Labute approximate surface area is 158 Å². The Hall–Kier alpha value is -3.15. The van der Waals surface area contributed by atoms with Crippen molar-refractivity contribution in [3.05, 3.63) is 65.5 Å². The maximum absolute atomic E-state index is 12.4. The van der Waals surface area contributed by atoms with Gasteiger partial charge in [-0.3, -0.25) is 0 Å². The van der Waals surface area contributed by atoms with Crippen molar-refractivity contribution in [3.63, 3.8) is 0 Å². The predicted molar refractivity (Wildman–Crippen MR) is 104 cm³/mol. The molecular formula is C21H23N3O3. The van der Waals surface area contributed by atoms with Gasteiger partial charge in [-0.05, 0) is 51.1 Å². The number of aromatic nitrogens is 2. The van der Waals surface area contributed by atoms with Crippen molar-refractivity contribution >= 4 is 11.7 Å². The third kappa shape index (κ3) is 4.34. The van der Waals surface area contributed by atoms with Gasteiger partial charge in [-0.25, -0.2) is 4.79 Å². The van der Waals surface area contributed by atoms with Crippen molar-refractivity contribution in [2.24, 2.45) is 0 Å². The molecule has 2 aromatic carbocycles. The van der Waals surface area contributed by atoms with Crippen LogP contribution in [0.5, 0.6) is 0 Å². The average molecular weight is 365 g/mol. The monoisotopic (exact) mass is 365 g/mol. The smallest absolute Gasteiger partial charge is 0.338 e. The molecule has 0 saturated heterocycles. The average Bonchev–Trinajstić information content (AvgIpc) is 3.14. The molecule has 6 nitrogen and oxygen atoms in total. The van der Waals surface area contributed by atoms with E-state index in [1.807, 2.05) is 18.2 Å². The van der Waals surface area contributed by atoms with Gasteiger partial charge in [0.25, 0.3) is 5.89 Å². The van der Waals surface area contributed by atoms with Gasteiger partial charge >= 0.3 is 5.97 Å². The van der Waals surface area contributed by atoms with Crippen molar-refractivity contribution in [1.29, 1.82) is 0 Å². The van der Waals surface area contributed by atoms with E-state index in [1.54, 1.807) is 31.2 Å². The molecule has 27 heavy (non-hydrogen) atoms. The lowest BCUT2D eigenvalue weighted by molar-refractivity contribution is 0.0473. The Balaban J connectivity index is 1.68. The Morgan fingerprint density at radius 2 is 1.78 bits per heavy atom. The number of nitrogens with zero attached hydrogens (tertiary/aromatic N) is 3. The van der Waals surface area contributed by atoms with Crippen LogP contribution < -0.4 is 4.90 Å². The Kier molecular flexibility index (Phi) is 5.86. The number of aryl methyl sites for hydroxylation is 1. The molecule has 0 saturated carbocycles. The zero-order chi connectivity index (χ0) is 19.2. The molecule has 0 amide bonds. The lowest BCUT2D eigenvalue weighted by Gasteiger charge is -2.24. The molecule has 0 bridgehead atoms. The second-order valence-electron chi connectivity index (χ2n) is 6.10. The summed E-state index contributed by atoms with van der Waals surface area (Å²) < 4.78 is 10.7. The molecular weight excluding hydrogens is 342 g/mol. The quantitative estimate of drug-likeness (QED) is 0.583. The summed E-state index contributed by atoms with van der Waals surface area (Å²) in [6.45, 7) is 8.01. The van der Waals surface area contributed by atoms with Gasteiger partial charge in [0.2, 0.25) is 0 Å². The lowest BCUT2D eigenvalue weighted by Crippen LogP contribution is -2.23. The fraction of sp³-hybridized carbons (Fsp3) is 0.286. The minimum atomic E-state index is -0.363. The van der Waals surface area contributed by atoms with Gasteiger partial charge in [0, 0.05) is 29.9 Å². The second kappa shape index (κ2) is 8.49. The van der Waals surface area contributed by atoms with E-state index in [-0.39, 0.29) is 12.6 Å². The van der Waals surface area contributed by atoms with Crippen LogP contribution in [0.3, 0.4) is 0 Å². The number of anilines is 1. The molecule has 0 fully saturated rings. The molecule has 0 unspecified atom stereocenters. The minimum absolute atomic E-state index is 0.232. The first-order chi connectivity index (χ1) is 13.1. The van der Waals surface area contributed by atoms with Crippen LogP contribution in [-0.2, 0) is 11.3 Å². The number of para-hydroxylation sites is 1. The number of hydrogen-bond acceptors (Lipinski definition) is 6. The van der Waals surface area contributed by atoms with Crippen LogP contribution in [0, 0.1) is 6.92 Å². The molecule has 0 atom stereocenters. The zero-order valence-electron chi connectivity index (χ0n) is 15.8. The normalized spacial score (nSPS) is 10.6. The van der Waals surface area contributed by atoms with E-state index in [1.165, 1.54) is 0 Å². The number of carbonyl (C=O) groups is 1. The molecule has 1 heterocycles. The third-order valence-corrected chi connectivity index (χ3v) is 4.35. The summed E-state index contributed by atoms with van der Waals surface area (Å²) in [5.74, 6) is 0.638. The zero-order valence-corrected chi connectivity index (χ0v) is 15.8. The first kappa shape index (κ1) is 18.6. The maximum Gasteiger partial charge on any atom is 0.338 e. The van der Waals surface area contributed by atoms with E-state index >= 15 is 0 Å². The van der Waals surface area contributed by atoms with E-state index < -0.39 is 0 Å². The van der Waals surface area contributed by atoms with E-state index in [4.69, 9.17) is 9.26 Å². The number of hydrogen-bond donors (Lipinski definition) is 0. The molecule has 0 radical (unpaired) electrons. The largest absolute Gasteiger partial charge is 0.457 e. The first-order valence-corrected chi connectivity index (χ1v) is 9.03. The van der Waals surface area contributed by atoms with Crippen LogP contribution in [0.15, 0.2) is 53.1 Å². The van der Waals surface area contributed by atoms with Gasteiger partial charge in [0.05, 0.1) is 5.56 Å². The molecule has 3 aromatic rings. The minimum Gasteiger partial charge on any atom is -0.457 e. The summed E-state index contributed by atoms with van der Waals surface area (Å²) in [5, 5.41) is 3.77. The van der Waals surface area contributed by atoms with Crippen LogP contribution in [0.4, 0.5) is 5.69 Å². The fourth-order valence-electron chi connectivity index (χ4n) is 2.90. The summed E-state index contributed by atoms with van der Waals surface area (Å²) >= 11 is 0. The van der Waals surface area contributed by atoms with Gasteiger partial charge in [-0.15, -0.1) is 0 Å². The van der Waals surface area contributed by atoms with E-state index in [2.05, 4.69) is 35.0 Å². The summed E-state index contributed by atoms with van der Waals surface area (Å²) in [7, 11) is 0. The summed E-state index contributed by atoms with van der Waals surface area (Å²) in [6.07, 6.45) is 0. The molecule has 3 rings (SSSR count). The van der Waals surface area contributed by atoms with E-state index in [9.17, 15) is 4.79 Å². The molecule has 0 aliphatic heterocycles. The third-order valence-electron chi connectivity index (χ3n) is 4.35. The molecule has 0 aliphatic carbocycles. The SMILES string of the molecule is CCN(CC)c1ccccc1COC(=O)c1ccc(-c2nc(C)no2)cc1. The van der Waals surface area contributed by atoms with Gasteiger partial charge in [-0.2, -0.15) is 4.98 Å². The number of carbonyl (C=O) groups excluding carboxylic acids is 1. The number of ether oxygens (including phenoxy) is 1. The molecule has 0 aliphatic rings. The van der Waals surface area contributed by atoms with Crippen molar-refractivity contribution in [2.75, 3.05) is 18.0 Å². The van der Waals surface area contributed by atoms with Crippen molar-refractivity contribution < 1.29 is 14.1 Å². The second-order valence-corrected chi connectivity index (χ2v) is 6.10. The first-order valence-electron chi connectivity index (χ1n) is 9.03. The molecule has 0 spiro atoms. The Morgan fingerprint density at radius 3 is 2.41 bits per heavy atom. The van der Waals surface area contributed by atoms with Crippen LogP contribution in [0.2, 0.25) is 0 Å². The number of rotatable bonds is 7. The number of benzene rings is 2.